The Kier molecular flexibility index (Phi) is 10.5. The van der Waals surface area contributed by atoms with Crippen LogP contribution in [0.1, 0.15) is 40.2 Å². The van der Waals surface area contributed by atoms with Gasteiger partial charge in [-0.25, -0.2) is 31.3 Å². The minimum Gasteiger partial charge on any atom is -0.475 e. The van der Waals surface area contributed by atoms with Crippen LogP contribution in [0.15, 0.2) is 102 Å². The summed E-state index contributed by atoms with van der Waals surface area (Å²) in [5.41, 5.74) is 2.09. The van der Waals surface area contributed by atoms with Crippen LogP contribution in [0.25, 0.3) is 22.2 Å². The van der Waals surface area contributed by atoms with Gasteiger partial charge in [-0.05, 0) is 59.0 Å². The number of rotatable bonds is 8. The molecule has 11 nitrogen and oxygen atoms in total. The molecular weight excluding hydrogens is 743 g/mol. The van der Waals surface area contributed by atoms with Crippen LogP contribution in [0.2, 0.25) is 0 Å². The van der Waals surface area contributed by atoms with Crippen molar-refractivity contribution in [3.05, 3.63) is 120 Å². The average molecular weight is 769 g/mol. The molecule has 6 rings (SSSR count). The number of carboxylic acid groups (broad SMARTS) is 1. The number of amides is 1. The number of imidazole rings is 1. The largest absolute Gasteiger partial charge is 0.490 e. The Morgan fingerprint density at radius 3 is 2.04 bits per heavy atom. The first kappa shape index (κ1) is 38.0. The molecule has 0 spiro atoms. The van der Waals surface area contributed by atoms with Gasteiger partial charge in [0.1, 0.15) is 11.1 Å². The number of sulfonamides is 2. The summed E-state index contributed by atoms with van der Waals surface area (Å²) in [5, 5.41) is 6.07. The molecule has 2 heterocycles. The van der Waals surface area contributed by atoms with Gasteiger partial charge in [0.2, 0.25) is 26.0 Å². The van der Waals surface area contributed by atoms with Crippen LogP contribution in [-0.4, -0.2) is 50.0 Å². The number of fused-ring (bicyclic) bond motifs is 1. The van der Waals surface area contributed by atoms with Gasteiger partial charge < -0.3 is 10.1 Å². The Hall–Kier alpha value is -5.27. The zero-order valence-electron chi connectivity index (χ0n) is 26.2. The van der Waals surface area contributed by atoms with E-state index in [9.17, 15) is 48.0 Å². The highest BCUT2D eigenvalue weighted by Crippen LogP contribution is 2.33. The monoisotopic (exact) mass is 768 g/mol. The predicted octanol–water partition coefficient (Wildman–Crippen LogP) is 6.04. The molecule has 2 atom stereocenters. The topological polar surface area (TPSA) is 175 Å². The molecule has 4 N–H and O–H groups in total. The van der Waals surface area contributed by atoms with Crippen LogP contribution in [0.4, 0.5) is 26.3 Å². The second-order valence-electron chi connectivity index (χ2n) is 11.4. The molecule has 0 aliphatic carbocycles. The second-order valence-corrected chi connectivity index (χ2v) is 15.0. The van der Waals surface area contributed by atoms with E-state index in [1.165, 1.54) is 18.2 Å². The van der Waals surface area contributed by atoms with E-state index >= 15 is 0 Å². The summed E-state index contributed by atoms with van der Waals surface area (Å²) in [5.74, 6) is -3.27. The lowest BCUT2D eigenvalue weighted by Crippen LogP contribution is -2.31. The normalized spacial score (nSPS) is 16.5. The van der Waals surface area contributed by atoms with Crippen molar-refractivity contribution in [3.63, 3.8) is 0 Å². The Balaban J connectivity index is 0.000000679. The van der Waals surface area contributed by atoms with Gasteiger partial charge in [-0.2, -0.15) is 26.3 Å². The van der Waals surface area contributed by atoms with E-state index < -0.39 is 61.1 Å². The third-order valence-electron chi connectivity index (χ3n) is 7.76. The quantitative estimate of drug-likeness (QED) is 0.138. The number of carbonyl (C=O) groups is 2. The SMILES string of the molecule is O=C(O)C(F)(F)F.O=C1CC(c2ccc(C[C@H](NS(=O)(=O)c3ccc(-c4ccccc4)cc3)c3nc4ccc(C(F)(F)F)cc4[nH]3)cc2)S(=O)(=O)N1. The first-order valence-electron chi connectivity index (χ1n) is 14.9. The molecule has 1 aliphatic heterocycles. The van der Waals surface area contributed by atoms with E-state index in [0.29, 0.717) is 11.1 Å². The maximum absolute atomic E-state index is 13.6. The van der Waals surface area contributed by atoms with Crippen LogP contribution in [0, 0.1) is 0 Å². The Morgan fingerprint density at radius 1 is 0.904 bits per heavy atom. The molecule has 1 amide bonds. The van der Waals surface area contributed by atoms with Gasteiger partial charge in [-0.1, -0.05) is 66.7 Å². The molecule has 1 fully saturated rings. The zero-order chi connectivity index (χ0) is 38.1. The highest BCUT2D eigenvalue weighted by Gasteiger charge is 2.39. The molecule has 0 bridgehead atoms. The smallest absolute Gasteiger partial charge is 0.475 e. The second kappa shape index (κ2) is 14.4. The molecule has 19 heteroatoms. The number of carboxylic acids is 1. The first-order chi connectivity index (χ1) is 24.2. The number of aromatic amines is 1. The summed E-state index contributed by atoms with van der Waals surface area (Å²) >= 11 is 0. The summed E-state index contributed by atoms with van der Waals surface area (Å²) in [6, 6.07) is 23.9. The molecule has 1 unspecified atom stereocenters. The number of alkyl halides is 6. The van der Waals surface area contributed by atoms with Gasteiger partial charge in [0.05, 0.1) is 34.0 Å². The number of aromatic nitrogens is 2. The standard InChI is InChI=1S/C31H25F3N4O5S2.C2HF3O2/c32-31(33,34)23-12-15-25-26(17-23)36-30(35-25)27(16-19-6-8-22(9-7-19)28-18-29(39)38-45(28,42)43)37-44(40,41)24-13-10-21(11-14-24)20-4-2-1-3-5-20;3-2(4,5)1(6)7/h1-15,17,27-28,37H,16,18H2,(H,35,36)(H,38,39);(H,6,7)/t27-,28?;/m0./s1. The number of nitrogens with one attached hydrogen (secondary N) is 3. The molecule has 0 saturated carbocycles. The first-order valence-corrected chi connectivity index (χ1v) is 17.9. The minimum atomic E-state index is -5.08. The van der Waals surface area contributed by atoms with E-state index in [4.69, 9.17) is 9.90 Å². The third kappa shape index (κ3) is 8.96. The van der Waals surface area contributed by atoms with Crippen molar-refractivity contribution < 1.29 is 57.9 Å². The van der Waals surface area contributed by atoms with Crippen molar-refractivity contribution in [1.82, 2.24) is 19.4 Å². The van der Waals surface area contributed by atoms with E-state index in [0.717, 1.165) is 23.3 Å². The van der Waals surface area contributed by atoms with Crippen LogP contribution in [0.3, 0.4) is 0 Å². The number of hydrogen-bond donors (Lipinski definition) is 4. The Bertz CT molecular complexity index is 2310. The van der Waals surface area contributed by atoms with Crippen LogP contribution in [-0.2, 0) is 42.2 Å². The fourth-order valence-corrected chi connectivity index (χ4v) is 7.86. The minimum absolute atomic E-state index is 0.0160. The number of aliphatic carboxylic acids is 1. The zero-order valence-corrected chi connectivity index (χ0v) is 27.9. The molecule has 274 valence electrons. The number of hydrogen-bond acceptors (Lipinski definition) is 7. The molecule has 5 aromatic rings. The van der Waals surface area contributed by atoms with Crippen molar-refractivity contribution in [2.24, 2.45) is 0 Å². The van der Waals surface area contributed by atoms with E-state index in [1.54, 1.807) is 36.4 Å². The van der Waals surface area contributed by atoms with Gasteiger partial charge in [0.15, 0.2) is 0 Å². The summed E-state index contributed by atoms with van der Waals surface area (Å²) in [7, 11) is -8.01. The van der Waals surface area contributed by atoms with E-state index in [2.05, 4.69) is 14.7 Å². The van der Waals surface area contributed by atoms with Crippen molar-refractivity contribution in [1.29, 1.82) is 0 Å². The number of carbonyl (C=O) groups excluding carboxylic acids is 1. The van der Waals surface area contributed by atoms with Crippen molar-refractivity contribution in [3.8, 4) is 11.1 Å². The molecule has 1 aromatic heterocycles. The maximum atomic E-state index is 13.6. The summed E-state index contributed by atoms with van der Waals surface area (Å²) in [6.07, 6.45) is -9.87. The number of halogens is 6. The van der Waals surface area contributed by atoms with E-state index in [1.807, 2.05) is 35.1 Å². The fraction of sp³-hybridized carbons (Fsp3) is 0.182. The lowest BCUT2D eigenvalue weighted by atomic mass is 10.0. The molecule has 52 heavy (non-hydrogen) atoms. The molecular formula is C33H26F6N4O7S2. The highest BCUT2D eigenvalue weighted by atomic mass is 32.2. The number of H-pyrrole nitrogens is 1. The fourth-order valence-electron chi connectivity index (χ4n) is 5.23. The van der Waals surface area contributed by atoms with Crippen LogP contribution in [0.5, 0.6) is 0 Å². The summed E-state index contributed by atoms with van der Waals surface area (Å²) in [6.45, 7) is 0. The molecule has 0 radical (unpaired) electrons. The lowest BCUT2D eigenvalue weighted by molar-refractivity contribution is -0.192. The summed E-state index contributed by atoms with van der Waals surface area (Å²) in [4.78, 5) is 27.8. The van der Waals surface area contributed by atoms with Gasteiger partial charge in [-0.15, -0.1) is 0 Å². The number of benzene rings is 4. The van der Waals surface area contributed by atoms with Gasteiger partial charge in [0, 0.05) is 0 Å². The Labute approximate surface area is 291 Å². The van der Waals surface area contributed by atoms with Crippen molar-refractivity contribution in [2.45, 2.75) is 41.4 Å². The van der Waals surface area contributed by atoms with Gasteiger partial charge in [-0.3, -0.25) is 9.52 Å². The lowest BCUT2D eigenvalue weighted by Gasteiger charge is -2.18. The van der Waals surface area contributed by atoms with Crippen LogP contribution >= 0.6 is 0 Å². The van der Waals surface area contributed by atoms with Gasteiger partial charge in [0.25, 0.3) is 0 Å². The molecule has 1 aliphatic rings. The Morgan fingerprint density at radius 2 is 1.50 bits per heavy atom. The number of nitrogens with zero attached hydrogens (tertiary/aromatic N) is 1. The average Bonchev–Trinajstić information content (AvgIpc) is 3.63. The van der Waals surface area contributed by atoms with Crippen LogP contribution < -0.4 is 9.44 Å². The highest BCUT2D eigenvalue weighted by molar-refractivity contribution is 7.90. The third-order valence-corrected chi connectivity index (χ3v) is 10.9. The van der Waals surface area contributed by atoms with Crippen molar-refractivity contribution >= 4 is 43.0 Å². The maximum Gasteiger partial charge on any atom is 0.490 e. The molecule has 4 aromatic carbocycles. The predicted molar refractivity (Wildman–Crippen MR) is 174 cm³/mol. The summed E-state index contributed by atoms with van der Waals surface area (Å²) < 4.78 is 128. The van der Waals surface area contributed by atoms with Gasteiger partial charge >= 0.3 is 18.3 Å². The van der Waals surface area contributed by atoms with E-state index in [-0.39, 0.29) is 34.6 Å². The molecule has 1 saturated heterocycles. The van der Waals surface area contributed by atoms with Crippen molar-refractivity contribution in [2.75, 3.05) is 0 Å².